The Balaban J connectivity index is 1.35. The maximum atomic E-state index is 11.1. The summed E-state index contributed by atoms with van der Waals surface area (Å²) in [7, 11) is 1.61. The third-order valence-corrected chi connectivity index (χ3v) is 6.73. The normalized spacial score (nSPS) is 17.5. The van der Waals surface area contributed by atoms with Crippen molar-refractivity contribution >= 4 is 22.4 Å². The average molecular weight is 440 g/mol. The van der Waals surface area contributed by atoms with E-state index in [-0.39, 0.29) is 12.1 Å². The van der Waals surface area contributed by atoms with Crippen LogP contribution in [0.2, 0.25) is 5.02 Å². The molecule has 164 valence electrons. The summed E-state index contributed by atoms with van der Waals surface area (Å²) in [5, 5.41) is 13.6. The highest BCUT2D eigenvalue weighted by Crippen LogP contribution is 2.34. The molecule has 5 heteroatoms. The lowest BCUT2D eigenvalue weighted by Crippen LogP contribution is -2.44. The fraction of sp³-hybridized carbons (Fsp3) is 0.385. The topological polar surface area (TPSA) is 41.9 Å². The minimum atomic E-state index is -0.563. The van der Waals surface area contributed by atoms with Crippen molar-refractivity contribution in [2.24, 2.45) is 0 Å². The first-order valence-electron chi connectivity index (χ1n) is 10.9. The van der Waals surface area contributed by atoms with E-state index in [0.717, 1.165) is 42.3 Å². The lowest BCUT2D eigenvalue weighted by atomic mass is 9.97. The van der Waals surface area contributed by atoms with E-state index >= 15 is 0 Å². The molecule has 0 saturated carbocycles. The smallest absolute Gasteiger partial charge is 0.138 e. The van der Waals surface area contributed by atoms with Crippen molar-refractivity contribution in [1.82, 2.24) is 4.90 Å². The zero-order valence-electron chi connectivity index (χ0n) is 18.1. The molecule has 1 aliphatic heterocycles. The van der Waals surface area contributed by atoms with Gasteiger partial charge in [0.25, 0.3) is 0 Å². The van der Waals surface area contributed by atoms with Crippen LogP contribution in [0.1, 0.15) is 37.0 Å². The molecule has 0 spiro atoms. The Labute approximate surface area is 189 Å². The lowest BCUT2D eigenvalue weighted by molar-refractivity contribution is -0.0269. The number of benzene rings is 3. The number of fused-ring (bicyclic) bond motifs is 1. The van der Waals surface area contributed by atoms with Crippen LogP contribution in [0.5, 0.6) is 5.75 Å². The van der Waals surface area contributed by atoms with Crippen molar-refractivity contribution in [2.75, 3.05) is 20.2 Å². The van der Waals surface area contributed by atoms with Crippen LogP contribution >= 0.6 is 11.6 Å². The summed E-state index contributed by atoms with van der Waals surface area (Å²) in [5.74, 6) is 0.660. The molecule has 0 bridgehead atoms. The summed E-state index contributed by atoms with van der Waals surface area (Å²) in [6, 6.07) is 20.1. The molecule has 4 nitrogen and oxygen atoms in total. The number of ether oxygens (including phenoxy) is 2. The Morgan fingerprint density at radius 3 is 2.52 bits per heavy atom. The van der Waals surface area contributed by atoms with Gasteiger partial charge in [0.15, 0.2) is 0 Å². The lowest BCUT2D eigenvalue weighted by Gasteiger charge is -2.38. The number of aliphatic hydroxyl groups excluding tert-OH is 1. The molecule has 0 aliphatic carbocycles. The number of aliphatic hydroxyl groups is 1. The second-order valence-electron chi connectivity index (χ2n) is 8.28. The molecule has 31 heavy (non-hydrogen) atoms. The van der Waals surface area contributed by atoms with Gasteiger partial charge < -0.3 is 14.6 Å². The van der Waals surface area contributed by atoms with E-state index in [0.29, 0.717) is 17.4 Å². The number of methoxy groups -OCH3 is 1. The predicted octanol–water partition coefficient (Wildman–Crippen LogP) is 5.60. The van der Waals surface area contributed by atoms with E-state index in [4.69, 9.17) is 21.1 Å². The average Bonchev–Trinajstić information content (AvgIpc) is 2.83. The first-order valence-corrected chi connectivity index (χ1v) is 11.3. The molecule has 0 radical (unpaired) electrons. The maximum absolute atomic E-state index is 11.1. The first kappa shape index (κ1) is 22.1. The number of nitrogens with zero attached hydrogens (tertiary/aromatic N) is 1. The van der Waals surface area contributed by atoms with E-state index in [1.54, 1.807) is 7.11 Å². The molecule has 1 heterocycles. The van der Waals surface area contributed by atoms with Crippen LogP contribution in [0, 0.1) is 0 Å². The second-order valence-corrected chi connectivity index (χ2v) is 8.66. The molecule has 3 aromatic rings. The van der Waals surface area contributed by atoms with Gasteiger partial charge in [-0.05, 0) is 48.4 Å². The molecule has 0 aromatic heterocycles. The van der Waals surface area contributed by atoms with Gasteiger partial charge in [-0.25, -0.2) is 0 Å². The third kappa shape index (κ3) is 5.04. The number of rotatable bonds is 7. The number of hydrogen-bond acceptors (Lipinski definition) is 4. The van der Waals surface area contributed by atoms with Crippen molar-refractivity contribution in [2.45, 2.75) is 44.6 Å². The summed E-state index contributed by atoms with van der Waals surface area (Å²) in [4.78, 5) is 2.36. The molecule has 2 atom stereocenters. The van der Waals surface area contributed by atoms with Gasteiger partial charge in [0.1, 0.15) is 5.75 Å². The monoisotopic (exact) mass is 439 g/mol. The quantitative estimate of drug-likeness (QED) is 0.520. The minimum Gasteiger partial charge on any atom is -0.495 e. The van der Waals surface area contributed by atoms with Crippen LogP contribution in [0.4, 0.5) is 0 Å². The summed E-state index contributed by atoms with van der Waals surface area (Å²) < 4.78 is 11.4. The van der Waals surface area contributed by atoms with Gasteiger partial charge in [-0.1, -0.05) is 60.1 Å². The van der Waals surface area contributed by atoms with Crippen LogP contribution in [-0.4, -0.2) is 42.4 Å². The molecule has 1 fully saturated rings. The van der Waals surface area contributed by atoms with Crippen LogP contribution in [0.15, 0.2) is 60.7 Å². The van der Waals surface area contributed by atoms with Gasteiger partial charge in [-0.2, -0.15) is 0 Å². The Kier molecular flexibility index (Phi) is 7.13. The number of halogens is 1. The van der Waals surface area contributed by atoms with Crippen molar-refractivity contribution in [3.8, 4) is 5.75 Å². The highest BCUT2D eigenvalue weighted by Gasteiger charge is 2.28. The summed E-state index contributed by atoms with van der Waals surface area (Å²) in [5.41, 5.74) is 2.12. The highest BCUT2D eigenvalue weighted by atomic mass is 35.5. The minimum absolute atomic E-state index is 0.0289. The summed E-state index contributed by atoms with van der Waals surface area (Å²) >= 11 is 6.43. The van der Waals surface area contributed by atoms with Gasteiger partial charge in [0.2, 0.25) is 0 Å². The molecular formula is C26H30ClNO3. The number of likely N-dealkylation sites (tertiary alicyclic amines) is 1. The summed E-state index contributed by atoms with van der Waals surface area (Å²) in [6.45, 7) is 4.61. The molecule has 3 aromatic carbocycles. The van der Waals surface area contributed by atoms with Gasteiger partial charge in [-0.15, -0.1) is 0 Å². The van der Waals surface area contributed by atoms with E-state index < -0.39 is 6.10 Å². The van der Waals surface area contributed by atoms with E-state index in [1.165, 1.54) is 5.56 Å². The highest BCUT2D eigenvalue weighted by molar-refractivity contribution is 6.37. The maximum Gasteiger partial charge on any atom is 0.138 e. The van der Waals surface area contributed by atoms with E-state index in [9.17, 15) is 5.11 Å². The molecular weight excluding hydrogens is 410 g/mol. The molecule has 1 saturated heterocycles. The van der Waals surface area contributed by atoms with Crippen LogP contribution in [0.25, 0.3) is 10.8 Å². The van der Waals surface area contributed by atoms with Gasteiger partial charge in [0.05, 0.1) is 30.9 Å². The van der Waals surface area contributed by atoms with Gasteiger partial charge in [-0.3, -0.25) is 4.90 Å². The molecule has 0 amide bonds. The molecule has 1 aliphatic rings. The SMILES string of the molecule is COc1ccc2cc([C@@H](O)[C@@H](C)N3CCC(OCc4ccccc4)CC3)ccc2c1Cl. The Bertz CT molecular complexity index is 1000. The first-order chi connectivity index (χ1) is 15.1. The third-order valence-electron chi connectivity index (χ3n) is 6.34. The molecule has 0 unspecified atom stereocenters. The number of piperidine rings is 1. The second kappa shape index (κ2) is 10.0. The van der Waals surface area contributed by atoms with Crippen LogP contribution in [0.3, 0.4) is 0 Å². The Morgan fingerprint density at radius 1 is 1.06 bits per heavy atom. The van der Waals surface area contributed by atoms with Crippen molar-refractivity contribution in [1.29, 1.82) is 0 Å². The molecule has 4 rings (SSSR count). The Hall–Kier alpha value is -2.11. The van der Waals surface area contributed by atoms with Crippen LogP contribution in [-0.2, 0) is 11.3 Å². The van der Waals surface area contributed by atoms with Crippen molar-refractivity contribution < 1.29 is 14.6 Å². The van der Waals surface area contributed by atoms with E-state index in [1.807, 2.05) is 48.5 Å². The predicted molar refractivity (Wildman–Crippen MR) is 126 cm³/mol. The van der Waals surface area contributed by atoms with Crippen LogP contribution < -0.4 is 4.74 Å². The molecule has 1 N–H and O–H groups in total. The largest absolute Gasteiger partial charge is 0.495 e. The zero-order chi connectivity index (χ0) is 21.8. The van der Waals surface area contributed by atoms with Crippen molar-refractivity contribution in [3.63, 3.8) is 0 Å². The zero-order valence-corrected chi connectivity index (χ0v) is 18.9. The van der Waals surface area contributed by atoms with Crippen molar-refractivity contribution in [3.05, 3.63) is 76.8 Å². The standard InChI is InChI=1S/C26H30ClNO3/c1-18(28-14-12-22(13-15-28)31-17-19-6-4-3-5-7-19)26(29)21-8-10-23-20(16-21)9-11-24(30-2)25(23)27/h3-11,16,18,22,26,29H,12-15,17H2,1-2H3/t18-,26+/m1/s1. The number of hydrogen-bond donors (Lipinski definition) is 1. The fourth-order valence-electron chi connectivity index (χ4n) is 4.35. The Morgan fingerprint density at radius 2 is 1.81 bits per heavy atom. The van der Waals surface area contributed by atoms with E-state index in [2.05, 4.69) is 24.0 Å². The fourth-order valence-corrected chi connectivity index (χ4v) is 4.66. The summed E-state index contributed by atoms with van der Waals surface area (Å²) in [6.07, 6.45) is 1.68. The van der Waals surface area contributed by atoms with Gasteiger partial charge >= 0.3 is 0 Å². The van der Waals surface area contributed by atoms with Gasteiger partial charge in [0, 0.05) is 24.5 Å².